The van der Waals surface area contributed by atoms with Crippen LogP contribution in [0.3, 0.4) is 0 Å². The van der Waals surface area contributed by atoms with E-state index in [4.69, 9.17) is 4.84 Å². The van der Waals surface area contributed by atoms with Gasteiger partial charge >= 0.3 is 0 Å². The second-order valence-electron chi connectivity index (χ2n) is 8.12. The summed E-state index contributed by atoms with van der Waals surface area (Å²) in [5.41, 5.74) is 5.09. The molecular weight excluding hydrogens is 441 g/mol. The van der Waals surface area contributed by atoms with Crippen LogP contribution in [0.2, 0.25) is 0 Å². The van der Waals surface area contributed by atoms with Gasteiger partial charge in [0.2, 0.25) is 0 Å². The molecule has 2 unspecified atom stereocenters. The molecule has 176 valence electrons. The fraction of sp³-hybridized carbons (Fsp3) is 0.304. The smallest absolute Gasteiger partial charge is 0.272 e. The third kappa shape index (κ3) is 3.94. The van der Waals surface area contributed by atoms with E-state index in [-0.39, 0.29) is 12.0 Å². The molecule has 3 heterocycles. The third-order valence-electron chi connectivity index (χ3n) is 5.92. The molecule has 4 N–H and O–H groups in total. The number of hydrogen-bond acceptors (Lipinski definition) is 8. The van der Waals surface area contributed by atoms with Gasteiger partial charge in [-0.3, -0.25) is 15.1 Å². The van der Waals surface area contributed by atoms with Crippen LogP contribution in [0, 0.1) is 5.82 Å². The van der Waals surface area contributed by atoms with E-state index >= 15 is 0 Å². The lowest BCUT2D eigenvalue weighted by atomic mass is 9.89. The second-order valence-corrected chi connectivity index (χ2v) is 8.12. The molecule has 0 fully saturated rings. The molecule has 2 aromatic carbocycles. The summed E-state index contributed by atoms with van der Waals surface area (Å²) in [4.78, 5) is 23.2. The first-order valence-corrected chi connectivity index (χ1v) is 11.0. The largest absolute Gasteiger partial charge is 0.396 e. The summed E-state index contributed by atoms with van der Waals surface area (Å²) in [6, 6.07) is 10.4. The Morgan fingerprint density at radius 2 is 2.09 bits per heavy atom. The van der Waals surface area contributed by atoms with Crippen LogP contribution < -0.4 is 16.4 Å². The van der Waals surface area contributed by atoms with Crippen LogP contribution in [-0.2, 0) is 17.9 Å². The highest BCUT2D eigenvalue weighted by Crippen LogP contribution is 2.44. The van der Waals surface area contributed by atoms with E-state index in [1.165, 1.54) is 18.5 Å². The summed E-state index contributed by atoms with van der Waals surface area (Å²) in [5.74, 6) is -0.605. The van der Waals surface area contributed by atoms with Crippen molar-refractivity contribution in [2.75, 3.05) is 19.1 Å². The topological polar surface area (TPSA) is 130 Å². The lowest BCUT2D eigenvalue weighted by Crippen LogP contribution is -2.23. The molecule has 0 radical (unpaired) electrons. The van der Waals surface area contributed by atoms with E-state index in [9.17, 15) is 14.3 Å². The van der Waals surface area contributed by atoms with Crippen molar-refractivity contribution in [2.24, 2.45) is 0 Å². The molecule has 0 saturated carbocycles. The Bertz CT molecular complexity index is 1370. The fourth-order valence-corrected chi connectivity index (χ4v) is 4.39. The molecule has 34 heavy (non-hydrogen) atoms. The molecule has 11 heteroatoms. The van der Waals surface area contributed by atoms with E-state index in [0.717, 1.165) is 17.7 Å². The van der Waals surface area contributed by atoms with Crippen molar-refractivity contribution in [1.82, 2.24) is 30.3 Å². The van der Waals surface area contributed by atoms with Gasteiger partial charge in [0, 0.05) is 25.1 Å². The Kier molecular flexibility index (Phi) is 6.05. The minimum atomic E-state index is -0.627. The SMILES string of the molecule is CNCc1ccc(C2ONc3cc(F)cc4c(=O)[nH]nc(c34)C2c2ncnn2CCCO)cc1. The maximum absolute atomic E-state index is 14.3. The van der Waals surface area contributed by atoms with Crippen molar-refractivity contribution in [2.45, 2.75) is 31.5 Å². The van der Waals surface area contributed by atoms with Crippen molar-refractivity contribution in [1.29, 1.82) is 0 Å². The number of anilines is 1. The first-order valence-electron chi connectivity index (χ1n) is 11.0. The van der Waals surface area contributed by atoms with Crippen LogP contribution in [0.25, 0.3) is 10.8 Å². The average molecular weight is 465 g/mol. The molecule has 0 bridgehead atoms. The highest BCUT2D eigenvalue weighted by Gasteiger charge is 2.37. The summed E-state index contributed by atoms with van der Waals surface area (Å²) in [5, 5.41) is 24.3. The molecule has 2 aromatic heterocycles. The van der Waals surface area contributed by atoms with Crippen molar-refractivity contribution >= 4 is 16.5 Å². The number of H-pyrrole nitrogens is 1. The van der Waals surface area contributed by atoms with Gasteiger partial charge in [-0.15, -0.1) is 0 Å². The number of aromatic amines is 1. The van der Waals surface area contributed by atoms with Crippen LogP contribution >= 0.6 is 0 Å². The summed E-state index contributed by atoms with van der Waals surface area (Å²) < 4.78 is 16.0. The van der Waals surface area contributed by atoms with Crippen LogP contribution in [0.5, 0.6) is 0 Å². The number of nitrogens with one attached hydrogen (secondary N) is 3. The zero-order valence-electron chi connectivity index (χ0n) is 18.5. The van der Waals surface area contributed by atoms with E-state index in [2.05, 4.69) is 31.1 Å². The minimum Gasteiger partial charge on any atom is -0.396 e. The predicted octanol–water partition coefficient (Wildman–Crippen LogP) is 1.99. The Labute approximate surface area is 193 Å². The van der Waals surface area contributed by atoms with E-state index in [1.54, 1.807) is 4.68 Å². The number of aliphatic hydroxyl groups excluding tert-OH is 1. The monoisotopic (exact) mass is 465 g/mol. The van der Waals surface area contributed by atoms with Gasteiger partial charge in [-0.1, -0.05) is 24.3 Å². The van der Waals surface area contributed by atoms with Crippen molar-refractivity contribution in [3.05, 3.63) is 81.5 Å². The normalized spacial score (nSPS) is 17.5. The van der Waals surface area contributed by atoms with Crippen molar-refractivity contribution < 1.29 is 14.3 Å². The standard InChI is InChI=1S/C23H24FN7O3/c1-25-11-13-3-5-14(6-4-13)21-19(22-26-12-27-31(22)7-2-8-32)20-18-16(23(33)29-28-20)9-15(24)10-17(18)30-34-21/h3-6,9-10,12,19,21,25,30,32H,2,7-8,11H2,1H3,(H,29,33). The number of nitrogens with zero attached hydrogens (tertiary/aromatic N) is 4. The number of hydrogen-bond donors (Lipinski definition) is 4. The highest BCUT2D eigenvalue weighted by atomic mass is 19.1. The maximum atomic E-state index is 14.3. The zero-order chi connectivity index (χ0) is 23.7. The average Bonchev–Trinajstić information content (AvgIpc) is 3.23. The van der Waals surface area contributed by atoms with E-state index in [1.807, 2.05) is 31.3 Å². The second kappa shape index (κ2) is 9.29. The Balaban J connectivity index is 1.72. The van der Waals surface area contributed by atoms with Crippen LogP contribution in [0.1, 0.15) is 41.1 Å². The number of rotatable bonds is 7. The minimum absolute atomic E-state index is 0.00163. The first kappa shape index (κ1) is 22.1. The molecule has 0 saturated heterocycles. The zero-order valence-corrected chi connectivity index (χ0v) is 18.5. The van der Waals surface area contributed by atoms with Gasteiger partial charge < -0.3 is 10.4 Å². The third-order valence-corrected chi connectivity index (χ3v) is 5.92. The van der Waals surface area contributed by atoms with Gasteiger partial charge in [0.25, 0.3) is 5.56 Å². The number of aliphatic hydroxyl groups is 1. The lowest BCUT2D eigenvalue weighted by Gasteiger charge is -2.25. The van der Waals surface area contributed by atoms with E-state index in [0.29, 0.717) is 35.6 Å². The number of aryl methyl sites for hydroxylation is 1. The van der Waals surface area contributed by atoms with Crippen LogP contribution in [-0.4, -0.2) is 43.7 Å². The molecule has 1 aliphatic rings. The predicted molar refractivity (Wildman–Crippen MR) is 123 cm³/mol. The Hall–Kier alpha value is -3.67. The molecule has 10 nitrogen and oxygen atoms in total. The van der Waals surface area contributed by atoms with Gasteiger partial charge in [-0.05, 0) is 36.7 Å². The quantitative estimate of drug-likeness (QED) is 0.326. The van der Waals surface area contributed by atoms with Crippen molar-refractivity contribution in [3.8, 4) is 0 Å². The highest BCUT2D eigenvalue weighted by molar-refractivity contribution is 5.95. The molecule has 1 aliphatic heterocycles. The van der Waals surface area contributed by atoms with Crippen LogP contribution in [0.15, 0.2) is 47.5 Å². The number of benzene rings is 2. The number of halogens is 1. The summed E-state index contributed by atoms with van der Waals surface area (Å²) in [6.07, 6.45) is 1.30. The summed E-state index contributed by atoms with van der Waals surface area (Å²) >= 11 is 0. The maximum Gasteiger partial charge on any atom is 0.272 e. The van der Waals surface area contributed by atoms with Gasteiger partial charge in [-0.25, -0.2) is 19.2 Å². The van der Waals surface area contributed by atoms with E-state index < -0.39 is 23.4 Å². The van der Waals surface area contributed by atoms with Gasteiger partial charge in [0.15, 0.2) is 0 Å². The Morgan fingerprint density at radius 3 is 2.85 bits per heavy atom. The fourth-order valence-electron chi connectivity index (χ4n) is 4.39. The Morgan fingerprint density at radius 1 is 1.26 bits per heavy atom. The molecule has 5 rings (SSSR count). The molecule has 2 atom stereocenters. The van der Waals surface area contributed by atoms with Gasteiger partial charge in [0.1, 0.15) is 24.1 Å². The molecule has 0 spiro atoms. The van der Waals surface area contributed by atoms with Crippen LogP contribution in [0.4, 0.5) is 10.1 Å². The first-order chi connectivity index (χ1) is 16.6. The molecular formula is C23H24FN7O3. The summed E-state index contributed by atoms with van der Waals surface area (Å²) in [6.45, 7) is 1.16. The van der Waals surface area contributed by atoms with Gasteiger partial charge in [0.05, 0.1) is 22.7 Å². The van der Waals surface area contributed by atoms with Gasteiger partial charge in [-0.2, -0.15) is 10.2 Å². The summed E-state index contributed by atoms with van der Waals surface area (Å²) in [7, 11) is 1.88. The molecule has 0 amide bonds. The van der Waals surface area contributed by atoms with Crippen molar-refractivity contribution in [3.63, 3.8) is 0 Å². The lowest BCUT2D eigenvalue weighted by molar-refractivity contribution is 0.0844. The number of aromatic nitrogens is 5. The molecule has 4 aromatic rings. The molecule has 0 aliphatic carbocycles.